The smallest absolute Gasteiger partial charge is 0.490 e. The van der Waals surface area contributed by atoms with Crippen molar-refractivity contribution < 1.29 is 136 Å². The van der Waals surface area contributed by atoms with Crippen molar-refractivity contribution in [2.24, 2.45) is 23.7 Å². The molecule has 43 heteroatoms. The van der Waals surface area contributed by atoms with E-state index in [-0.39, 0.29) is 77.1 Å². The van der Waals surface area contributed by atoms with Crippen molar-refractivity contribution in [2.75, 3.05) is 92.5 Å². The van der Waals surface area contributed by atoms with E-state index in [1.54, 1.807) is 12.1 Å². The fourth-order valence-electron chi connectivity index (χ4n) is 13.3. The summed E-state index contributed by atoms with van der Waals surface area (Å²) in [6, 6.07) is 34.1. The van der Waals surface area contributed by atoms with Crippen molar-refractivity contribution in [1.82, 2.24) is 0 Å². The van der Waals surface area contributed by atoms with E-state index in [9.17, 15) is 83.8 Å². The highest BCUT2D eigenvalue weighted by atomic mass is 35.5. The minimum Gasteiger partial charge on any atom is -0.490 e. The molecule has 0 saturated carbocycles. The summed E-state index contributed by atoms with van der Waals surface area (Å²) in [6.45, 7) is 11.2. The first-order chi connectivity index (χ1) is 59.3. The van der Waals surface area contributed by atoms with Gasteiger partial charge in [0.1, 0.15) is 39.0 Å². The van der Waals surface area contributed by atoms with Gasteiger partial charge in [0, 0.05) is 49.5 Å². The van der Waals surface area contributed by atoms with Gasteiger partial charge in [-0.3, -0.25) is 12.9 Å². The quantitative estimate of drug-likeness (QED) is 0.0529. The summed E-state index contributed by atoms with van der Waals surface area (Å²) in [4.78, 5) is 0.491. The lowest BCUT2D eigenvalue weighted by molar-refractivity contribution is -0.0985. The first-order valence-electron chi connectivity index (χ1n) is 37.8. The van der Waals surface area contributed by atoms with Crippen LogP contribution in [0.1, 0.15) is 57.1 Å². The van der Waals surface area contributed by atoms with Crippen molar-refractivity contribution in [2.45, 2.75) is 98.9 Å². The molecule has 0 aliphatic carbocycles. The Bertz CT molecular complexity index is 5260. The number of fused-ring (bicyclic) bond motifs is 4. The average Bonchev–Trinajstić information content (AvgIpc) is 1.56. The number of aliphatic hydroxyl groups is 2. The second kappa shape index (κ2) is 47.3. The van der Waals surface area contributed by atoms with Crippen LogP contribution in [-0.4, -0.2) is 168 Å². The van der Waals surface area contributed by atoms with E-state index in [4.69, 9.17) is 114 Å². The summed E-state index contributed by atoms with van der Waals surface area (Å²) in [5.41, 5.74) is 1.12. The topological polar surface area (TPSA) is 316 Å². The van der Waals surface area contributed by atoms with Gasteiger partial charge in [-0.1, -0.05) is 66.0 Å². The normalized spacial score (nSPS) is 19.8. The van der Waals surface area contributed by atoms with Gasteiger partial charge in [-0.05, 0) is 159 Å². The predicted octanol–water partition coefficient (Wildman–Crippen LogP) is 17.7. The standard InChI is InChI=1S/2C19H16ClF2NO5S.C18H15ClF2O5S.C18H15ClF2O3S.C4H9NSi.C4H10O.BF3/c2*20-11-1-3-12(4-2-11)29(25,26)19-13(16(9-23)27-8-7-24)10-28-18-15(22)6-5-14(21)17(18)19;19-10-1-3-11(4-2-10)27(22,23)17-12(18-24-7-8-25-18)9-26-16-14(21)6-5-13(20)15(16)17;19-10-1-3-11(4-2-10)25-17-12(18-22-7-8-23-18)9-24-16-14(21)6-5-13(20)15(16)17;1-6(2,3)4-5;1-3-5-4-2;2-1(3)4/h2*1-6,13,16,19,24H,7-8,10H2;1-6,12,17-18H,7-9H2;1-6,12,17-18H,7-9H2;1-3H3;3-4H2,1-2H3;/t13-,16+,19-;13-,16-,19-;2*12-,17+;;;/m0011.../s1. The van der Waals surface area contributed by atoms with Crippen molar-refractivity contribution in [3.8, 4) is 40.8 Å². The van der Waals surface area contributed by atoms with Crippen LogP contribution in [0.3, 0.4) is 0 Å². The molecule has 10 atom stereocenters. The Morgan fingerprint density at radius 1 is 0.440 bits per heavy atom. The van der Waals surface area contributed by atoms with Gasteiger partial charge < -0.3 is 62.3 Å². The van der Waals surface area contributed by atoms with Gasteiger partial charge in [-0.25, -0.2) is 65.6 Å². The number of thioether (sulfide) groups is 1. The molecule has 8 aromatic carbocycles. The molecule has 125 heavy (non-hydrogen) atoms. The van der Waals surface area contributed by atoms with E-state index in [0.29, 0.717) is 33.3 Å². The third kappa shape index (κ3) is 26.4. The van der Waals surface area contributed by atoms with Crippen LogP contribution in [0.15, 0.2) is 165 Å². The van der Waals surface area contributed by atoms with Crippen molar-refractivity contribution in [3.05, 3.63) is 234 Å². The molecule has 6 aliphatic heterocycles. The highest BCUT2D eigenvalue weighted by molar-refractivity contribution is 7.99. The van der Waals surface area contributed by atoms with Crippen LogP contribution < -0.4 is 18.9 Å². The zero-order valence-corrected chi connectivity index (χ0v) is 74.0. The largest absolute Gasteiger partial charge is 0.762 e. The number of hydrogen-bond acceptors (Lipinski definition) is 23. The molecule has 8 aromatic rings. The molecular weight excluding hydrogens is 1850 g/mol. The van der Waals surface area contributed by atoms with E-state index >= 15 is 0 Å². The lowest BCUT2D eigenvalue weighted by Crippen LogP contribution is -2.40. The van der Waals surface area contributed by atoms with Crippen molar-refractivity contribution in [1.29, 1.82) is 15.8 Å². The zero-order chi connectivity index (χ0) is 91.8. The Kier molecular flexibility index (Phi) is 38.7. The number of hydrogen-bond donors (Lipinski definition) is 2. The first-order valence-corrected chi connectivity index (χ1v) is 48.3. The lowest BCUT2D eigenvalue weighted by atomic mass is 9.91. The number of sulfone groups is 3. The van der Waals surface area contributed by atoms with Crippen LogP contribution in [0.4, 0.5) is 48.1 Å². The lowest BCUT2D eigenvalue weighted by Gasteiger charge is -2.35. The Labute approximate surface area is 740 Å². The third-order valence-electron chi connectivity index (χ3n) is 18.8. The summed E-state index contributed by atoms with van der Waals surface area (Å²) in [5, 5.41) is 41.6. The fraction of sp³-hybridized carbons (Fsp3) is 0.378. The SMILES string of the molecule is CCOCC.C[Si](C)(C)C#N.FB(F)F.Fc1ccc(F)c2c1OC[C@@H](C1OCCO1)[C@@H]2Sc1ccc(Cl)cc1.N#C[C@@H](OCCO)[C@@H]1COc2c(F)ccc(F)c2[C@H]1S(=O)(=O)c1ccc(Cl)cc1.N#C[C@H](OCCO)[C@@H]1COc2c(F)ccc(F)c2[C@H]1S(=O)(=O)c1ccc(Cl)cc1.O=S(=O)(c1ccc(Cl)cc1)[C@@H]1c2c(F)ccc(F)c2OC[C@H]1C1OCCO1. The van der Waals surface area contributed by atoms with Crippen molar-refractivity contribution >= 4 is 103 Å². The Hall–Kier alpha value is -8.06. The Balaban J connectivity index is 0.000000195. The predicted molar refractivity (Wildman–Crippen MR) is 442 cm³/mol. The molecule has 0 bridgehead atoms. The second-order valence-electron chi connectivity index (χ2n) is 28.1. The van der Waals surface area contributed by atoms with E-state index in [1.165, 1.54) is 84.6 Å². The van der Waals surface area contributed by atoms with E-state index in [0.717, 1.165) is 66.6 Å². The molecule has 6 heterocycles. The zero-order valence-electron chi connectivity index (χ0n) is 66.7. The summed E-state index contributed by atoms with van der Waals surface area (Å²) in [6.07, 6.45) is -4.08. The number of benzene rings is 8. The molecule has 14 rings (SSSR count). The molecule has 2 N–H and O–H groups in total. The molecule has 0 spiro atoms. The van der Waals surface area contributed by atoms with Gasteiger partial charge in [0.25, 0.3) is 0 Å². The highest BCUT2D eigenvalue weighted by Gasteiger charge is 2.52. The van der Waals surface area contributed by atoms with Crippen LogP contribution in [-0.2, 0) is 62.7 Å². The van der Waals surface area contributed by atoms with Crippen LogP contribution in [0.2, 0.25) is 39.7 Å². The molecule has 6 aliphatic rings. The van der Waals surface area contributed by atoms with Gasteiger partial charge in [0.2, 0.25) is 0 Å². The summed E-state index contributed by atoms with van der Waals surface area (Å²) < 4.78 is 284. The number of nitrogens with zero attached hydrogens (tertiary/aromatic N) is 3. The van der Waals surface area contributed by atoms with Crippen LogP contribution in [0.5, 0.6) is 23.0 Å². The number of aliphatic hydroxyl groups excluding tert-OH is 2. The Morgan fingerprint density at radius 3 is 1.02 bits per heavy atom. The van der Waals surface area contributed by atoms with Gasteiger partial charge in [-0.2, -0.15) is 10.5 Å². The second-order valence-corrected chi connectivity index (χ2v) is 42.0. The molecular formula is C82H81BCl4F11N3O19S4Si. The summed E-state index contributed by atoms with van der Waals surface area (Å²) in [5.74, 6) is -11.4. The first kappa shape index (κ1) is 102. The van der Waals surface area contributed by atoms with E-state index in [1.807, 2.05) is 57.8 Å². The summed E-state index contributed by atoms with van der Waals surface area (Å²) in [7, 11) is -17.7. The van der Waals surface area contributed by atoms with Crippen LogP contribution >= 0.6 is 58.2 Å². The molecule has 674 valence electrons. The number of ether oxygens (including phenoxy) is 11. The van der Waals surface area contributed by atoms with Gasteiger partial charge in [-0.15, -0.1) is 11.8 Å². The fourth-order valence-corrected chi connectivity index (χ4v) is 21.2. The maximum atomic E-state index is 14.7. The van der Waals surface area contributed by atoms with E-state index in [2.05, 4.69) is 5.69 Å². The molecule has 0 amide bonds. The average molecular weight is 1930 g/mol. The number of nitriles is 3. The van der Waals surface area contributed by atoms with Crippen LogP contribution in [0.25, 0.3) is 0 Å². The van der Waals surface area contributed by atoms with Crippen LogP contribution in [0, 0.1) is 104 Å². The minimum absolute atomic E-state index is 0.0271. The van der Waals surface area contributed by atoms with Crippen molar-refractivity contribution in [3.63, 3.8) is 0 Å². The third-order valence-corrected chi connectivity index (χ3v) is 28.4. The maximum absolute atomic E-state index is 14.7. The molecule has 2 saturated heterocycles. The number of rotatable bonds is 20. The van der Waals surface area contributed by atoms with Gasteiger partial charge >= 0.3 is 7.54 Å². The summed E-state index contributed by atoms with van der Waals surface area (Å²) >= 11 is 24.9. The Morgan fingerprint density at radius 2 is 0.712 bits per heavy atom. The molecule has 2 fully saturated rings. The molecule has 22 nitrogen and oxygen atoms in total. The molecule has 0 aromatic heterocycles. The van der Waals surface area contributed by atoms with Gasteiger partial charge in [0.15, 0.2) is 109 Å². The minimum atomic E-state index is -4.30. The maximum Gasteiger partial charge on any atom is 0.762 e. The van der Waals surface area contributed by atoms with E-state index < -0.39 is 210 Å². The number of halogens is 15. The molecule has 0 radical (unpaired) electrons. The molecule has 0 unspecified atom stereocenters. The monoisotopic (exact) mass is 1930 g/mol. The highest BCUT2D eigenvalue weighted by Crippen LogP contribution is 2.54. The van der Waals surface area contributed by atoms with Gasteiger partial charge in [0.05, 0.1) is 152 Å².